The molecule has 72 valence electrons. The van der Waals surface area contributed by atoms with Gasteiger partial charge in [-0.2, -0.15) is 8.78 Å². The first-order chi connectivity index (χ1) is 6.12. The summed E-state index contributed by atoms with van der Waals surface area (Å²) >= 11 is 0. The summed E-state index contributed by atoms with van der Waals surface area (Å²) in [5.41, 5.74) is -0.153. The Hall–Kier alpha value is -1.00. The quantitative estimate of drug-likeness (QED) is 0.715. The minimum Gasteiger partial charge on any atom is -0.419 e. The van der Waals surface area contributed by atoms with Crippen molar-refractivity contribution in [3.63, 3.8) is 0 Å². The fraction of sp³-hybridized carbons (Fsp3) is 0.750. The molecule has 0 aliphatic heterocycles. The summed E-state index contributed by atoms with van der Waals surface area (Å²) in [6.07, 6.45) is 0.323. The molecule has 1 heterocycles. The van der Waals surface area contributed by atoms with Crippen molar-refractivity contribution in [3.8, 4) is 0 Å². The summed E-state index contributed by atoms with van der Waals surface area (Å²) in [6, 6.07) is 0. The molecule has 0 spiro atoms. The highest BCUT2D eigenvalue weighted by Gasteiger charge is 2.39. The molecule has 5 heteroatoms. The third kappa shape index (κ3) is 1.32. The van der Waals surface area contributed by atoms with E-state index in [4.69, 9.17) is 4.42 Å². The molecule has 0 bridgehead atoms. The first-order valence-corrected chi connectivity index (χ1v) is 4.24. The van der Waals surface area contributed by atoms with Crippen molar-refractivity contribution in [1.29, 1.82) is 0 Å². The Morgan fingerprint density at radius 2 is 2.08 bits per heavy atom. The number of hydrogen-bond acceptors (Lipinski definition) is 3. The van der Waals surface area contributed by atoms with Crippen molar-refractivity contribution in [2.24, 2.45) is 0 Å². The molecule has 1 aromatic rings. The SMILES string of the molecule is CC1(c2nnc(C(F)F)o2)CCC1. The fourth-order valence-corrected chi connectivity index (χ4v) is 1.49. The van der Waals surface area contributed by atoms with Gasteiger partial charge in [-0.25, -0.2) is 0 Å². The van der Waals surface area contributed by atoms with E-state index in [0.29, 0.717) is 5.89 Å². The summed E-state index contributed by atoms with van der Waals surface area (Å²) in [4.78, 5) is 0. The first kappa shape index (κ1) is 8.59. The van der Waals surface area contributed by atoms with Crippen molar-refractivity contribution >= 4 is 0 Å². The van der Waals surface area contributed by atoms with Crippen molar-refractivity contribution in [1.82, 2.24) is 10.2 Å². The maximum Gasteiger partial charge on any atom is 0.314 e. The highest BCUT2D eigenvalue weighted by atomic mass is 19.3. The summed E-state index contributed by atoms with van der Waals surface area (Å²) in [7, 11) is 0. The van der Waals surface area contributed by atoms with E-state index >= 15 is 0 Å². The Labute approximate surface area is 74.1 Å². The predicted octanol–water partition coefficient (Wildman–Crippen LogP) is 2.45. The highest BCUT2D eigenvalue weighted by molar-refractivity contribution is 5.06. The van der Waals surface area contributed by atoms with E-state index in [9.17, 15) is 8.78 Å². The maximum atomic E-state index is 12.1. The third-order valence-corrected chi connectivity index (χ3v) is 2.60. The number of hydrogen-bond donors (Lipinski definition) is 0. The zero-order valence-electron chi connectivity index (χ0n) is 7.26. The van der Waals surface area contributed by atoms with Crippen LogP contribution in [0.1, 0.15) is 44.4 Å². The molecule has 3 nitrogen and oxygen atoms in total. The van der Waals surface area contributed by atoms with E-state index < -0.39 is 12.3 Å². The van der Waals surface area contributed by atoms with Crippen molar-refractivity contribution < 1.29 is 13.2 Å². The van der Waals surface area contributed by atoms with E-state index in [1.54, 1.807) is 0 Å². The van der Waals surface area contributed by atoms with Gasteiger partial charge < -0.3 is 4.42 Å². The second kappa shape index (κ2) is 2.75. The van der Waals surface area contributed by atoms with Gasteiger partial charge in [0.1, 0.15) is 0 Å². The van der Waals surface area contributed by atoms with E-state index in [2.05, 4.69) is 10.2 Å². The third-order valence-electron chi connectivity index (χ3n) is 2.60. The van der Waals surface area contributed by atoms with Crippen LogP contribution in [0.3, 0.4) is 0 Å². The number of nitrogens with zero attached hydrogens (tertiary/aromatic N) is 2. The Bertz CT molecular complexity index is 307. The number of halogens is 2. The van der Waals surface area contributed by atoms with E-state index in [-0.39, 0.29) is 5.41 Å². The fourth-order valence-electron chi connectivity index (χ4n) is 1.49. The Morgan fingerprint density at radius 1 is 1.38 bits per heavy atom. The van der Waals surface area contributed by atoms with Crippen LogP contribution < -0.4 is 0 Å². The van der Waals surface area contributed by atoms with Gasteiger partial charge in [-0.3, -0.25) is 0 Å². The summed E-state index contributed by atoms with van der Waals surface area (Å²) in [5, 5.41) is 6.93. The standard InChI is InChI=1S/C8H10F2N2O/c1-8(3-2-4-8)7-12-11-6(13-7)5(9)10/h5H,2-4H2,1H3. The van der Waals surface area contributed by atoms with E-state index in [0.717, 1.165) is 19.3 Å². The van der Waals surface area contributed by atoms with Gasteiger partial charge in [0.05, 0.1) is 0 Å². The molecule has 1 aromatic heterocycles. The first-order valence-electron chi connectivity index (χ1n) is 4.24. The number of alkyl halides is 2. The van der Waals surface area contributed by atoms with Crippen LogP contribution in [0.5, 0.6) is 0 Å². The lowest BCUT2D eigenvalue weighted by atomic mass is 9.70. The summed E-state index contributed by atoms with van der Waals surface area (Å²) in [5.74, 6) is -0.211. The normalized spacial score (nSPS) is 20.3. The molecule has 1 aliphatic rings. The van der Waals surface area contributed by atoms with Crippen molar-refractivity contribution in [2.45, 2.75) is 38.0 Å². The van der Waals surface area contributed by atoms with Crippen LogP contribution in [0, 0.1) is 0 Å². The average molecular weight is 188 g/mol. The van der Waals surface area contributed by atoms with Crippen molar-refractivity contribution in [2.75, 3.05) is 0 Å². The smallest absolute Gasteiger partial charge is 0.314 e. The lowest BCUT2D eigenvalue weighted by Crippen LogP contribution is -2.30. The van der Waals surface area contributed by atoms with Gasteiger partial charge in [-0.05, 0) is 12.8 Å². The molecule has 0 saturated heterocycles. The Balaban J connectivity index is 2.22. The highest BCUT2D eigenvalue weighted by Crippen LogP contribution is 2.42. The maximum absolute atomic E-state index is 12.1. The lowest BCUT2D eigenvalue weighted by Gasteiger charge is -2.34. The predicted molar refractivity (Wildman–Crippen MR) is 40.5 cm³/mol. The summed E-state index contributed by atoms with van der Waals surface area (Å²) < 4.78 is 29.1. The largest absolute Gasteiger partial charge is 0.419 e. The van der Waals surface area contributed by atoms with Crippen LogP contribution in [0.15, 0.2) is 4.42 Å². The molecule has 0 N–H and O–H groups in total. The van der Waals surface area contributed by atoms with Gasteiger partial charge in [-0.15, -0.1) is 10.2 Å². The zero-order valence-corrected chi connectivity index (χ0v) is 7.26. The Kier molecular flexibility index (Phi) is 1.82. The summed E-state index contributed by atoms with van der Waals surface area (Å²) in [6.45, 7) is 1.96. The molecule has 2 rings (SSSR count). The molecule has 1 saturated carbocycles. The van der Waals surface area contributed by atoms with Crippen LogP contribution in [0.2, 0.25) is 0 Å². The second-order valence-electron chi connectivity index (χ2n) is 3.66. The van der Waals surface area contributed by atoms with Crippen LogP contribution in [0.4, 0.5) is 8.78 Å². The number of aromatic nitrogens is 2. The molecule has 0 atom stereocenters. The monoisotopic (exact) mass is 188 g/mol. The lowest BCUT2D eigenvalue weighted by molar-refractivity contribution is 0.106. The molecule has 1 aliphatic carbocycles. The van der Waals surface area contributed by atoms with Crippen LogP contribution in [-0.4, -0.2) is 10.2 Å². The molecule has 0 amide bonds. The topological polar surface area (TPSA) is 38.9 Å². The molecule has 0 unspecified atom stereocenters. The van der Waals surface area contributed by atoms with Gasteiger partial charge in [0.2, 0.25) is 5.89 Å². The Morgan fingerprint density at radius 3 is 2.46 bits per heavy atom. The number of rotatable bonds is 2. The van der Waals surface area contributed by atoms with Gasteiger partial charge in [0.25, 0.3) is 5.89 Å². The van der Waals surface area contributed by atoms with Crippen LogP contribution in [0.25, 0.3) is 0 Å². The van der Waals surface area contributed by atoms with E-state index in [1.165, 1.54) is 0 Å². The molecular formula is C8H10F2N2O. The zero-order chi connectivity index (χ0) is 9.47. The molecule has 0 radical (unpaired) electrons. The minimum absolute atomic E-state index is 0.153. The molecule has 13 heavy (non-hydrogen) atoms. The van der Waals surface area contributed by atoms with Crippen LogP contribution >= 0.6 is 0 Å². The van der Waals surface area contributed by atoms with E-state index in [1.807, 2.05) is 6.92 Å². The molecule has 0 aromatic carbocycles. The molecular weight excluding hydrogens is 178 g/mol. The second-order valence-corrected chi connectivity index (χ2v) is 3.66. The minimum atomic E-state index is -2.66. The van der Waals surface area contributed by atoms with Gasteiger partial charge in [0.15, 0.2) is 0 Å². The van der Waals surface area contributed by atoms with Gasteiger partial charge in [-0.1, -0.05) is 13.3 Å². The molecule has 1 fully saturated rings. The van der Waals surface area contributed by atoms with Gasteiger partial charge >= 0.3 is 6.43 Å². The van der Waals surface area contributed by atoms with Gasteiger partial charge in [0, 0.05) is 5.41 Å². The van der Waals surface area contributed by atoms with Crippen molar-refractivity contribution in [3.05, 3.63) is 11.8 Å². The van der Waals surface area contributed by atoms with Crippen LogP contribution in [-0.2, 0) is 5.41 Å². The average Bonchev–Trinajstić information content (AvgIpc) is 2.48.